The Bertz CT molecular complexity index is 701. The molecule has 0 saturated heterocycles. The van der Waals surface area contributed by atoms with E-state index in [-0.39, 0.29) is 5.69 Å². The molecule has 4 nitrogen and oxygen atoms in total. The Morgan fingerprint density at radius 2 is 1.70 bits per heavy atom. The number of nitrogens with zero attached hydrogens (tertiary/aromatic N) is 3. The smallest absolute Gasteiger partial charge is 0.381 e. The molecule has 1 aliphatic heterocycles. The van der Waals surface area contributed by atoms with Crippen molar-refractivity contribution in [1.29, 1.82) is 0 Å². The molecular formula is C14H15F8N3OS. The van der Waals surface area contributed by atoms with Crippen LogP contribution in [0.3, 0.4) is 0 Å². The Morgan fingerprint density at radius 1 is 1.07 bits per heavy atom. The highest BCUT2D eigenvalue weighted by Crippen LogP contribution is 2.52. The fourth-order valence-corrected chi connectivity index (χ4v) is 2.82. The van der Waals surface area contributed by atoms with Crippen LogP contribution in [-0.2, 0) is 0 Å². The van der Waals surface area contributed by atoms with Gasteiger partial charge in [0.1, 0.15) is 5.69 Å². The van der Waals surface area contributed by atoms with Crippen molar-refractivity contribution in [3.63, 3.8) is 0 Å². The topological polar surface area (TPSA) is 38.2 Å². The molecule has 0 spiro atoms. The first-order valence-electron chi connectivity index (χ1n) is 7.55. The van der Waals surface area contributed by atoms with Crippen LogP contribution in [0, 0.1) is 0 Å². The van der Waals surface area contributed by atoms with Crippen LogP contribution in [0.4, 0.5) is 35.1 Å². The van der Waals surface area contributed by atoms with Crippen LogP contribution in [0.2, 0.25) is 0 Å². The van der Waals surface area contributed by atoms with E-state index in [1.807, 2.05) is 4.90 Å². The van der Waals surface area contributed by atoms with Crippen molar-refractivity contribution in [3.05, 3.63) is 11.8 Å². The highest BCUT2D eigenvalue weighted by atomic mass is 32.1. The van der Waals surface area contributed by atoms with E-state index in [9.17, 15) is 35.1 Å². The van der Waals surface area contributed by atoms with Crippen LogP contribution in [0.5, 0.6) is 5.88 Å². The van der Waals surface area contributed by atoms with Crippen LogP contribution < -0.4 is 4.74 Å². The Morgan fingerprint density at radius 3 is 2.26 bits per heavy atom. The van der Waals surface area contributed by atoms with Crippen molar-refractivity contribution in [2.24, 2.45) is 0 Å². The van der Waals surface area contributed by atoms with E-state index >= 15 is 0 Å². The van der Waals surface area contributed by atoms with E-state index in [0.717, 1.165) is 6.54 Å². The van der Waals surface area contributed by atoms with E-state index in [1.54, 1.807) is 13.1 Å². The van der Waals surface area contributed by atoms with Gasteiger partial charge in [-0.2, -0.15) is 39.5 Å². The summed E-state index contributed by atoms with van der Waals surface area (Å²) in [6, 6.07) is 0. The largest absolute Gasteiger partial charge is 0.469 e. The van der Waals surface area contributed by atoms with E-state index in [4.69, 9.17) is 0 Å². The lowest BCUT2D eigenvalue weighted by molar-refractivity contribution is -0.365. The van der Waals surface area contributed by atoms with E-state index < -0.39 is 43.1 Å². The van der Waals surface area contributed by atoms with Crippen LogP contribution in [0.1, 0.15) is 19.0 Å². The maximum Gasteiger partial charge on any atom is 0.381 e. The van der Waals surface area contributed by atoms with Crippen LogP contribution in [-0.4, -0.2) is 64.1 Å². The van der Waals surface area contributed by atoms with Gasteiger partial charge < -0.3 is 9.64 Å². The van der Waals surface area contributed by atoms with Gasteiger partial charge in [0.15, 0.2) is 6.61 Å². The Hall–Kier alpha value is -1.50. The summed E-state index contributed by atoms with van der Waals surface area (Å²) in [4.78, 5) is 1.87. The lowest BCUT2D eigenvalue weighted by Gasteiger charge is -2.35. The molecule has 0 fully saturated rings. The summed E-state index contributed by atoms with van der Waals surface area (Å²) >= 11 is 0.544. The van der Waals surface area contributed by atoms with Crippen molar-refractivity contribution < 1.29 is 39.9 Å². The number of hydrogen-bond acceptors (Lipinski definition) is 5. The lowest BCUT2D eigenvalue weighted by Crippen LogP contribution is -2.62. The molecule has 1 aliphatic rings. The monoisotopic (exact) mass is 425 g/mol. The number of rotatable bonds is 7. The summed E-state index contributed by atoms with van der Waals surface area (Å²) < 4.78 is 118. The summed E-state index contributed by atoms with van der Waals surface area (Å²) in [5.74, 6) is -24.2. The standard InChI is InChI=1S/C14H15F8N3OS/c1-11(15,16)13(19,20)14(21,22)12(17,18)7-26-10-9(23-27-24-10)8-4-3-5-25(2)6-8/h4H,3,5-7H2,1-2H3. The minimum absolute atomic E-state index is 0.0123. The maximum absolute atomic E-state index is 13.7. The maximum atomic E-state index is 13.7. The number of hydrogen-bond donors (Lipinski definition) is 0. The van der Waals surface area contributed by atoms with Gasteiger partial charge in [-0.25, -0.2) is 0 Å². The van der Waals surface area contributed by atoms with Crippen molar-refractivity contribution in [1.82, 2.24) is 13.6 Å². The molecule has 13 heteroatoms. The third-order valence-electron chi connectivity index (χ3n) is 3.90. The van der Waals surface area contributed by atoms with Gasteiger partial charge >= 0.3 is 23.7 Å². The Labute approximate surface area is 153 Å². The van der Waals surface area contributed by atoms with E-state index in [2.05, 4.69) is 13.5 Å². The number of aromatic nitrogens is 2. The number of halogens is 8. The molecule has 0 bridgehead atoms. The zero-order valence-corrected chi connectivity index (χ0v) is 14.9. The second-order valence-corrected chi connectivity index (χ2v) is 6.73. The molecule has 0 saturated carbocycles. The van der Waals surface area contributed by atoms with Gasteiger partial charge in [0.25, 0.3) is 5.88 Å². The molecule has 2 rings (SSSR count). The summed E-state index contributed by atoms with van der Waals surface area (Å²) in [6.45, 7) is -1.75. The fourth-order valence-electron chi connectivity index (χ4n) is 2.29. The fraction of sp³-hybridized carbons (Fsp3) is 0.714. The van der Waals surface area contributed by atoms with E-state index in [0.29, 0.717) is 30.3 Å². The van der Waals surface area contributed by atoms with Gasteiger partial charge in [-0.1, -0.05) is 6.08 Å². The second-order valence-electron chi connectivity index (χ2n) is 6.20. The molecule has 0 aromatic carbocycles. The first-order valence-corrected chi connectivity index (χ1v) is 8.28. The summed E-state index contributed by atoms with van der Waals surface area (Å²) in [6.07, 6.45) is 2.33. The van der Waals surface area contributed by atoms with Crippen molar-refractivity contribution >= 4 is 17.3 Å². The summed E-state index contributed by atoms with van der Waals surface area (Å²) in [5.41, 5.74) is 0.547. The average molecular weight is 425 g/mol. The minimum atomic E-state index is -6.35. The molecule has 0 atom stereocenters. The molecule has 1 aromatic rings. The van der Waals surface area contributed by atoms with Crippen LogP contribution >= 0.6 is 11.7 Å². The summed E-state index contributed by atoms with van der Waals surface area (Å²) in [5, 5.41) is 0. The molecule has 0 amide bonds. The molecule has 0 unspecified atom stereocenters. The van der Waals surface area contributed by atoms with Crippen LogP contribution in [0.15, 0.2) is 6.08 Å². The van der Waals surface area contributed by atoms with Gasteiger partial charge in [0.2, 0.25) is 0 Å². The third-order valence-corrected chi connectivity index (χ3v) is 4.41. The third kappa shape index (κ3) is 4.03. The van der Waals surface area contributed by atoms with Crippen molar-refractivity contribution in [2.45, 2.75) is 37.0 Å². The molecule has 154 valence electrons. The molecule has 27 heavy (non-hydrogen) atoms. The van der Waals surface area contributed by atoms with Gasteiger partial charge in [-0.05, 0) is 19.0 Å². The molecule has 0 aliphatic carbocycles. The zero-order chi connectivity index (χ0) is 20.7. The van der Waals surface area contributed by atoms with Gasteiger partial charge in [-0.3, -0.25) is 0 Å². The normalized spacial score (nSPS) is 17.8. The van der Waals surface area contributed by atoms with Crippen molar-refractivity contribution in [3.8, 4) is 5.88 Å². The predicted molar refractivity (Wildman–Crippen MR) is 81.0 cm³/mol. The van der Waals surface area contributed by atoms with Crippen LogP contribution in [0.25, 0.3) is 5.57 Å². The SMILES string of the molecule is CN1CCC=C(c2nsnc2OCC(F)(F)C(F)(F)C(F)(F)C(C)(F)F)C1. The first kappa shape index (κ1) is 21.8. The Balaban J connectivity index is 2.19. The van der Waals surface area contributed by atoms with Gasteiger partial charge in [0, 0.05) is 20.0 Å². The predicted octanol–water partition coefficient (Wildman–Crippen LogP) is 4.20. The van der Waals surface area contributed by atoms with Gasteiger partial charge in [-0.15, -0.1) is 4.37 Å². The quantitative estimate of drug-likeness (QED) is 0.614. The second kappa shape index (κ2) is 7.15. The molecule has 1 aromatic heterocycles. The lowest BCUT2D eigenvalue weighted by atomic mass is 10.00. The highest BCUT2D eigenvalue weighted by molar-refractivity contribution is 6.99. The Kier molecular flexibility index (Phi) is 5.77. The first-order chi connectivity index (χ1) is 12.2. The van der Waals surface area contributed by atoms with Gasteiger partial charge in [0.05, 0.1) is 11.7 Å². The average Bonchev–Trinajstić information content (AvgIpc) is 3.00. The number of ether oxygens (including phenoxy) is 1. The molecule has 2 heterocycles. The van der Waals surface area contributed by atoms with E-state index in [1.165, 1.54) is 0 Å². The molecule has 0 radical (unpaired) electrons. The van der Waals surface area contributed by atoms with Crippen molar-refractivity contribution in [2.75, 3.05) is 26.7 Å². The number of alkyl halides is 8. The highest BCUT2D eigenvalue weighted by Gasteiger charge is 2.79. The summed E-state index contributed by atoms with van der Waals surface area (Å²) in [7, 11) is 1.77. The molecule has 0 N–H and O–H groups in total. The molecular weight excluding hydrogens is 410 g/mol. The minimum Gasteiger partial charge on any atom is -0.469 e. The number of likely N-dealkylation sites (N-methyl/N-ethyl adjacent to an activating group) is 1. The zero-order valence-electron chi connectivity index (χ0n) is 14.1.